The third-order valence-electron chi connectivity index (χ3n) is 8.14. The summed E-state index contributed by atoms with van der Waals surface area (Å²) in [5.74, 6) is -1.06. The molecule has 7 heteroatoms. The van der Waals surface area contributed by atoms with E-state index in [4.69, 9.17) is 4.74 Å². The molecule has 5 rings (SSSR count). The van der Waals surface area contributed by atoms with Gasteiger partial charge >= 0.3 is 5.97 Å². The Hall–Kier alpha value is -3.48. The highest BCUT2D eigenvalue weighted by Gasteiger charge is 2.50. The van der Waals surface area contributed by atoms with Gasteiger partial charge in [0, 0.05) is 18.7 Å². The Morgan fingerprint density at radius 2 is 1.67 bits per heavy atom. The van der Waals surface area contributed by atoms with Crippen LogP contribution < -0.4 is 14.5 Å². The zero-order chi connectivity index (χ0) is 25.7. The van der Waals surface area contributed by atoms with Crippen LogP contribution in [0.4, 0.5) is 11.4 Å². The van der Waals surface area contributed by atoms with Crippen molar-refractivity contribution in [2.75, 3.05) is 16.3 Å². The maximum Gasteiger partial charge on any atom is 0.316 e. The summed E-state index contributed by atoms with van der Waals surface area (Å²) in [6.07, 6.45) is 2.56. The molecule has 3 fully saturated rings. The van der Waals surface area contributed by atoms with Crippen LogP contribution in [-0.2, 0) is 19.2 Å². The van der Waals surface area contributed by atoms with Crippen LogP contribution in [0.15, 0.2) is 36.4 Å². The van der Waals surface area contributed by atoms with Crippen LogP contribution in [0, 0.1) is 44.4 Å². The molecule has 0 aromatic heterocycles. The zero-order valence-electron chi connectivity index (χ0n) is 21.2. The molecule has 2 saturated heterocycles. The molecule has 7 nitrogen and oxygen atoms in total. The number of carbonyl (C=O) groups excluding carboxylic acids is 4. The average Bonchev–Trinajstić information content (AvgIpc) is 3.33. The summed E-state index contributed by atoms with van der Waals surface area (Å²) in [6.45, 7) is 8.18. The van der Waals surface area contributed by atoms with E-state index in [1.807, 2.05) is 32.0 Å². The number of hydrogen-bond acceptors (Lipinski definition) is 5. The molecule has 36 heavy (non-hydrogen) atoms. The summed E-state index contributed by atoms with van der Waals surface area (Å²) in [5, 5.41) is 0. The van der Waals surface area contributed by atoms with Crippen LogP contribution in [0.1, 0.15) is 49.3 Å². The molecule has 4 atom stereocenters. The maximum atomic E-state index is 13.1. The Bertz CT molecular complexity index is 1270. The molecule has 188 valence electrons. The summed E-state index contributed by atoms with van der Waals surface area (Å²) in [6, 6.07) is 10.8. The first-order valence-electron chi connectivity index (χ1n) is 12.7. The van der Waals surface area contributed by atoms with Gasteiger partial charge in [-0.05, 0) is 86.9 Å². The van der Waals surface area contributed by atoms with Crippen molar-refractivity contribution in [3.63, 3.8) is 0 Å². The Labute approximate surface area is 211 Å². The van der Waals surface area contributed by atoms with Crippen molar-refractivity contribution in [1.29, 1.82) is 0 Å². The number of esters is 1. The number of nitrogens with zero attached hydrogens (tertiary/aromatic N) is 2. The van der Waals surface area contributed by atoms with Crippen molar-refractivity contribution in [2.24, 2.45) is 23.7 Å². The number of anilines is 2. The molecule has 2 aromatic carbocycles. The Balaban J connectivity index is 1.29. The number of carbonyl (C=O) groups is 4. The predicted molar refractivity (Wildman–Crippen MR) is 136 cm³/mol. The van der Waals surface area contributed by atoms with E-state index >= 15 is 0 Å². The quantitative estimate of drug-likeness (QED) is 0.360. The molecule has 2 aliphatic heterocycles. The molecule has 2 aromatic rings. The van der Waals surface area contributed by atoms with Crippen LogP contribution in [-0.4, -0.2) is 30.2 Å². The molecule has 0 unspecified atom stereocenters. The van der Waals surface area contributed by atoms with Gasteiger partial charge in [0.1, 0.15) is 5.75 Å². The van der Waals surface area contributed by atoms with E-state index in [2.05, 4.69) is 6.92 Å². The third kappa shape index (κ3) is 4.10. The molecule has 0 N–H and O–H groups in total. The van der Waals surface area contributed by atoms with Gasteiger partial charge in [-0.1, -0.05) is 19.1 Å². The minimum Gasteiger partial charge on any atom is -0.426 e. The summed E-state index contributed by atoms with van der Waals surface area (Å²) < 4.78 is 5.64. The van der Waals surface area contributed by atoms with Crippen molar-refractivity contribution in [2.45, 2.75) is 53.4 Å². The molecular formula is C29H32N2O5. The van der Waals surface area contributed by atoms with Crippen LogP contribution in [0.5, 0.6) is 5.75 Å². The Morgan fingerprint density at radius 1 is 0.917 bits per heavy atom. The number of benzene rings is 2. The second-order valence-corrected chi connectivity index (χ2v) is 10.6. The molecule has 0 radical (unpaired) electrons. The second kappa shape index (κ2) is 9.19. The van der Waals surface area contributed by atoms with Gasteiger partial charge in [0.2, 0.25) is 17.7 Å². The van der Waals surface area contributed by atoms with Crippen LogP contribution >= 0.6 is 0 Å². The molecule has 1 aliphatic carbocycles. The standard InChI is InChI=1S/C29H32N2O5/c1-16-8-10-22-23(12-16)28(34)31(27(22)33)24-11-9-21(13-18(24)3)36-29(35)20-14-26(32)30(15-20)25-7-5-6-17(2)19(25)4/h5-7,9,11,13,16,20,22-23H,8,10,12,14-15H2,1-4H3/t16-,20-,22-,23-/m1/s1. The fraction of sp³-hybridized carbons (Fsp3) is 0.448. The first-order chi connectivity index (χ1) is 17.2. The lowest BCUT2D eigenvalue weighted by Gasteiger charge is -2.25. The van der Waals surface area contributed by atoms with E-state index in [0.717, 1.165) is 36.1 Å². The van der Waals surface area contributed by atoms with Crippen LogP contribution in [0.2, 0.25) is 0 Å². The van der Waals surface area contributed by atoms with E-state index in [0.29, 0.717) is 22.9 Å². The lowest BCUT2D eigenvalue weighted by Crippen LogP contribution is -2.31. The number of aryl methyl sites for hydroxylation is 2. The van der Waals surface area contributed by atoms with Gasteiger partial charge < -0.3 is 9.64 Å². The smallest absolute Gasteiger partial charge is 0.316 e. The molecule has 1 saturated carbocycles. The first-order valence-corrected chi connectivity index (χ1v) is 12.7. The second-order valence-electron chi connectivity index (χ2n) is 10.6. The molecule has 2 heterocycles. The number of rotatable bonds is 4. The van der Waals surface area contributed by atoms with E-state index in [9.17, 15) is 19.2 Å². The number of hydrogen-bond donors (Lipinski definition) is 0. The van der Waals surface area contributed by atoms with Crippen molar-refractivity contribution < 1.29 is 23.9 Å². The van der Waals surface area contributed by atoms with Gasteiger partial charge in [-0.3, -0.25) is 19.2 Å². The highest BCUT2D eigenvalue weighted by molar-refractivity contribution is 6.22. The molecular weight excluding hydrogens is 456 g/mol. The number of amides is 3. The summed E-state index contributed by atoms with van der Waals surface area (Å²) in [5.41, 5.74) is 4.17. The van der Waals surface area contributed by atoms with E-state index in [1.165, 1.54) is 4.90 Å². The maximum absolute atomic E-state index is 13.1. The normalized spacial score (nSPS) is 25.9. The fourth-order valence-corrected chi connectivity index (χ4v) is 5.90. The number of ether oxygens (including phenoxy) is 1. The molecule has 3 aliphatic rings. The summed E-state index contributed by atoms with van der Waals surface area (Å²) in [7, 11) is 0. The number of fused-ring (bicyclic) bond motifs is 1. The summed E-state index contributed by atoms with van der Waals surface area (Å²) in [4.78, 5) is 54.7. The SMILES string of the molecule is Cc1cc(OC(=O)[C@@H]2CC(=O)N(c3cccc(C)c3C)C2)ccc1N1C(=O)[C@@H]2CC[C@@H](C)C[C@H]2C1=O. The number of imide groups is 1. The van der Waals surface area contributed by atoms with Crippen LogP contribution in [0.25, 0.3) is 0 Å². The van der Waals surface area contributed by atoms with E-state index in [-0.39, 0.29) is 42.5 Å². The van der Waals surface area contributed by atoms with Crippen molar-refractivity contribution in [3.8, 4) is 5.75 Å². The average molecular weight is 489 g/mol. The lowest BCUT2D eigenvalue weighted by molar-refractivity contribution is -0.139. The predicted octanol–water partition coefficient (Wildman–Crippen LogP) is 4.50. The van der Waals surface area contributed by atoms with Crippen molar-refractivity contribution in [3.05, 3.63) is 53.1 Å². The zero-order valence-corrected chi connectivity index (χ0v) is 21.2. The Morgan fingerprint density at radius 3 is 2.42 bits per heavy atom. The Kier molecular flexibility index (Phi) is 6.18. The highest BCUT2D eigenvalue weighted by atomic mass is 16.5. The third-order valence-corrected chi connectivity index (χ3v) is 8.14. The minimum atomic E-state index is -0.566. The van der Waals surface area contributed by atoms with Crippen molar-refractivity contribution in [1.82, 2.24) is 0 Å². The first kappa shape index (κ1) is 24.2. The van der Waals surface area contributed by atoms with Gasteiger partial charge in [-0.25, -0.2) is 4.90 Å². The van der Waals surface area contributed by atoms with E-state index in [1.54, 1.807) is 30.0 Å². The largest absolute Gasteiger partial charge is 0.426 e. The molecule has 0 bridgehead atoms. The molecule has 3 amide bonds. The van der Waals surface area contributed by atoms with Crippen LogP contribution in [0.3, 0.4) is 0 Å². The van der Waals surface area contributed by atoms with Gasteiger partial charge in [-0.2, -0.15) is 0 Å². The lowest BCUT2D eigenvalue weighted by atomic mass is 9.76. The van der Waals surface area contributed by atoms with E-state index < -0.39 is 11.9 Å². The van der Waals surface area contributed by atoms with Gasteiger partial charge in [0.05, 0.1) is 23.4 Å². The minimum absolute atomic E-state index is 0.0981. The van der Waals surface area contributed by atoms with Gasteiger partial charge in [0.15, 0.2) is 0 Å². The monoisotopic (exact) mass is 488 g/mol. The molecule has 0 spiro atoms. The van der Waals surface area contributed by atoms with Gasteiger partial charge in [0.25, 0.3) is 0 Å². The topological polar surface area (TPSA) is 84.0 Å². The van der Waals surface area contributed by atoms with Gasteiger partial charge in [-0.15, -0.1) is 0 Å². The van der Waals surface area contributed by atoms with Crippen molar-refractivity contribution >= 4 is 35.1 Å². The summed E-state index contributed by atoms with van der Waals surface area (Å²) >= 11 is 0. The highest BCUT2D eigenvalue weighted by Crippen LogP contribution is 2.43. The fourth-order valence-electron chi connectivity index (χ4n) is 5.90.